The molecule has 1 aromatic carbocycles. The first-order valence-corrected chi connectivity index (χ1v) is 7.59. The van der Waals surface area contributed by atoms with Crippen LogP contribution < -0.4 is 10.6 Å². The van der Waals surface area contributed by atoms with E-state index in [1.165, 1.54) is 0 Å². The molecule has 0 aliphatic carbocycles. The lowest BCUT2D eigenvalue weighted by Crippen LogP contribution is -2.31. The number of anilines is 1. The highest BCUT2D eigenvalue weighted by molar-refractivity contribution is 5.80. The molecule has 1 unspecified atom stereocenters. The summed E-state index contributed by atoms with van der Waals surface area (Å²) >= 11 is 0. The van der Waals surface area contributed by atoms with Crippen LogP contribution in [0.3, 0.4) is 0 Å². The van der Waals surface area contributed by atoms with Crippen molar-refractivity contribution < 1.29 is 14.3 Å². The third-order valence-corrected chi connectivity index (χ3v) is 3.34. The quantitative estimate of drug-likeness (QED) is 0.681. The molecule has 0 aromatic heterocycles. The lowest BCUT2D eigenvalue weighted by molar-refractivity contribution is -0.119. The number of hydrogen-bond donors (Lipinski definition) is 2. The first-order chi connectivity index (χ1) is 10.3. The summed E-state index contributed by atoms with van der Waals surface area (Å²) in [6.07, 6.45) is 3.33. The van der Waals surface area contributed by atoms with Crippen LogP contribution in [-0.2, 0) is 14.3 Å². The molecular weight excluding hydrogens is 268 g/mol. The molecule has 1 aromatic rings. The third kappa shape index (κ3) is 6.60. The van der Waals surface area contributed by atoms with Crippen LogP contribution in [0.15, 0.2) is 30.3 Å². The van der Waals surface area contributed by atoms with E-state index < -0.39 is 0 Å². The third-order valence-electron chi connectivity index (χ3n) is 3.34. The van der Waals surface area contributed by atoms with Gasteiger partial charge < -0.3 is 20.1 Å². The highest BCUT2D eigenvalue weighted by Gasteiger charge is 2.14. The Morgan fingerprint density at radius 2 is 2.19 bits per heavy atom. The molecule has 1 atom stereocenters. The second-order valence-corrected chi connectivity index (χ2v) is 5.13. The molecule has 0 radical (unpaired) electrons. The molecule has 5 heteroatoms. The highest BCUT2D eigenvalue weighted by atomic mass is 16.5. The maximum atomic E-state index is 11.6. The van der Waals surface area contributed by atoms with E-state index in [0.29, 0.717) is 26.3 Å². The first-order valence-electron chi connectivity index (χ1n) is 7.59. The predicted molar refractivity (Wildman–Crippen MR) is 82.4 cm³/mol. The summed E-state index contributed by atoms with van der Waals surface area (Å²) in [6.45, 7) is 3.12. The van der Waals surface area contributed by atoms with Gasteiger partial charge in [0.15, 0.2) is 0 Å². The maximum Gasteiger partial charge on any atom is 0.239 e. The Morgan fingerprint density at radius 3 is 2.95 bits per heavy atom. The summed E-state index contributed by atoms with van der Waals surface area (Å²) < 4.78 is 11.0. The Bertz CT molecular complexity index is 405. The minimum atomic E-state index is -0.00187. The van der Waals surface area contributed by atoms with E-state index in [0.717, 1.165) is 31.6 Å². The minimum absolute atomic E-state index is 0.00187. The average Bonchev–Trinajstić information content (AvgIpc) is 3.03. The van der Waals surface area contributed by atoms with E-state index >= 15 is 0 Å². The Hall–Kier alpha value is -1.59. The van der Waals surface area contributed by atoms with Crippen LogP contribution in [0.1, 0.15) is 19.3 Å². The number of nitrogens with one attached hydrogen (secondary N) is 2. The number of ether oxygens (including phenoxy) is 2. The van der Waals surface area contributed by atoms with Gasteiger partial charge in [0.05, 0.1) is 19.3 Å². The minimum Gasteiger partial charge on any atom is -0.379 e. The van der Waals surface area contributed by atoms with Gasteiger partial charge in [-0.05, 0) is 31.4 Å². The second kappa shape index (κ2) is 9.37. The van der Waals surface area contributed by atoms with Gasteiger partial charge >= 0.3 is 0 Å². The molecule has 1 heterocycles. The average molecular weight is 292 g/mol. The number of benzene rings is 1. The lowest BCUT2D eigenvalue weighted by atomic mass is 10.2. The zero-order valence-corrected chi connectivity index (χ0v) is 12.3. The molecule has 21 heavy (non-hydrogen) atoms. The van der Waals surface area contributed by atoms with Gasteiger partial charge in [-0.15, -0.1) is 0 Å². The van der Waals surface area contributed by atoms with E-state index in [-0.39, 0.29) is 12.0 Å². The molecule has 2 N–H and O–H groups in total. The fraction of sp³-hybridized carbons (Fsp3) is 0.562. The zero-order chi connectivity index (χ0) is 14.8. The predicted octanol–water partition coefficient (Wildman–Crippen LogP) is 1.80. The van der Waals surface area contributed by atoms with Gasteiger partial charge in [0.1, 0.15) is 0 Å². The number of amides is 1. The van der Waals surface area contributed by atoms with Crippen molar-refractivity contribution in [3.05, 3.63) is 30.3 Å². The number of para-hydroxylation sites is 1. The van der Waals surface area contributed by atoms with Crippen LogP contribution in [0.2, 0.25) is 0 Å². The standard InChI is InChI=1S/C16H24N2O3/c19-16(12-18-14-6-2-1-3-7-14)17-9-5-10-20-13-15-8-4-11-21-15/h1-3,6-7,15,18H,4-5,8-13H2,(H,17,19). The summed E-state index contributed by atoms with van der Waals surface area (Å²) in [7, 11) is 0. The lowest BCUT2D eigenvalue weighted by Gasteiger charge is -2.10. The monoisotopic (exact) mass is 292 g/mol. The smallest absolute Gasteiger partial charge is 0.239 e. The zero-order valence-electron chi connectivity index (χ0n) is 12.3. The summed E-state index contributed by atoms with van der Waals surface area (Å²) in [5.41, 5.74) is 0.951. The van der Waals surface area contributed by atoms with Crippen molar-refractivity contribution >= 4 is 11.6 Å². The SMILES string of the molecule is O=C(CNc1ccccc1)NCCCOCC1CCCO1. The van der Waals surface area contributed by atoms with Crippen molar-refractivity contribution in [2.45, 2.75) is 25.4 Å². The molecule has 5 nitrogen and oxygen atoms in total. The van der Waals surface area contributed by atoms with Gasteiger partial charge in [-0.1, -0.05) is 18.2 Å². The normalized spacial score (nSPS) is 17.6. The summed E-state index contributed by atoms with van der Waals surface area (Å²) in [4.78, 5) is 11.6. The fourth-order valence-corrected chi connectivity index (χ4v) is 2.19. The van der Waals surface area contributed by atoms with Gasteiger partial charge in [0, 0.05) is 25.4 Å². The molecule has 2 rings (SSSR count). The molecule has 0 spiro atoms. The molecular formula is C16H24N2O3. The van der Waals surface area contributed by atoms with Crippen molar-refractivity contribution in [1.82, 2.24) is 5.32 Å². The van der Waals surface area contributed by atoms with E-state index in [2.05, 4.69) is 10.6 Å². The van der Waals surface area contributed by atoms with Crippen molar-refractivity contribution in [3.8, 4) is 0 Å². The van der Waals surface area contributed by atoms with Gasteiger partial charge in [-0.25, -0.2) is 0 Å². The number of rotatable bonds is 9. The van der Waals surface area contributed by atoms with Gasteiger partial charge in [0.2, 0.25) is 5.91 Å². The van der Waals surface area contributed by atoms with E-state index in [1.807, 2.05) is 30.3 Å². The van der Waals surface area contributed by atoms with Crippen molar-refractivity contribution in [3.63, 3.8) is 0 Å². The summed E-state index contributed by atoms with van der Waals surface area (Å²) in [5.74, 6) is -0.00187. The van der Waals surface area contributed by atoms with Crippen molar-refractivity contribution in [1.29, 1.82) is 0 Å². The van der Waals surface area contributed by atoms with E-state index in [1.54, 1.807) is 0 Å². The molecule has 0 bridgehead atoms. The fourth-order valence-electron chi connectivity index (χ4n) is 2.19. The molecule has 1 aliphatic rings. The van der Waals surface area contributed by atoms with E-state index in [4.69, 9.17) is 9.47 Å². The van der Waals surface area contributed by atoms with Gasteiger partial charge in [-0.2, -0.15) is 0 Å². The first kappa shape index (κ1) is 15.8. The molecule has 1 saturated heterocycles. The topological polar surface area (TPSA) is 59.6 Å². The molecule has 1 aliphatic heterocycles. The molecule has 1 amide bonds. The summed E-state index contributed by atoms with van der Waals surface area (Å²) in [5, 5.41) is 5.94. The largest absolute Gasteiger partial charge is 0.379 e. The number of carbonyl (C=O) groups excluding carboxylic acids is 1. The van der Waals surface area contributed by atoms with Crippen LogP contribution in [0, 0.1) is 0 Å². The Morgan fingerprint density at radius 1 is 1.33 bits per heavy atom. The van der Waals surface area contributed by atoms with Gasteiger partial charge in [0.25, 0.3) is 0 Å². The second-order valence-electron chi connectivity index (χ2n) is 5.13. The Balaban J connectivity index is 1.44. The molecule has 1 fully saturated rings. The highest BCUT2D eigenvalue weighted by Crippen LogP contribution is 2.11. The van der Waals surface area contributed by atoms with Crippen LogP contribution >= 0.6 is 0 Å². The number of hydrogen-bond acceptors (Lipinski definition) is 4. The maximum absolute atomic E-state index is 11.6. The van der Waals surface area contributed by atoms with Crippen molar-refractivity contribution in [2.75, 3.05) is 38.2 Å². The van der Waals surface area contributed by atoms with Crippen molar-refractivity contribution in [2.24, 2.45) is 0 Å². The van der Waals surface area contributed by atoms with Crippen LogP contribution in [-0.4, -0.2) is 44.9 Å². The van der Waals surface area contributed by atoms with Gasteiger partial charge in [-0.3, -0.25) is 4.79 Å². The Kier molecular flexibility index (Phi) is 7.04. The number of carbonyl (C=O) groups is 1. The molecule has 0 saturated carbocycles. The van der Waals surface area contributed by atoms with E-state index in [9.17, 15) is 4.79 Å². The van der Waals surface area contributed by atoms with Crippen LogP contribution in [0.5, 0.6) is 0 Å². The molecule has 116 valence electrons. The van der Waals surface area contributed by atoms with Crippen LogP contribution in [0.4, 0.5) is 5.69 Å². The Labute approximate surface area is 126 Å². The van der Waals surface area contributed by atoms with Crippen LogP contribution in [0.25, 0.3) is 0 Å². The summed E-state index contributed by atoms with van der Waals surface area (Å²) in [6, 6.07) is 9.69.